The molecule has 1 N–H and O–H groups in total. The van der Waals surface area contributed by atoms with Crippen LogP contribution in [0.4, 0.5) is 5.69 Å². The van der Waals surface area contributed by atoms with Gasteiger partial charge in [-0.25, -0.2) is 0 Å². The maximum absolute atomic E-state index is 12.2. The van der Waals surface area contributed by atoms with E-state index in [-0.39, 0.29) is 16.4 Å². The van der Waals surface area contributed by atoms with Gasteiger partial charge in [-0.05, 0) is 26.3 Å². The highest BCUT2D eigenvalue weighted by molar-refractivity contribution is 9.09. The lowest BCUT2D eigenvalue weighted by molar-refractivity contribution is -0.384. The number of hydrogen-bond acceptors (Lipinski definition) is 3. The molecule has 0 bridgehead atoms. The molecular formula is C13H17BrN2O3. The number of non-ortho nitro benzene ring substituents is 1. The first-order valence-corrected chi connectivity index (χ1v) is 6.78. The number of halogens is 1. The Morgan fingerprint density at radius 3 is 2.53 bits per heavy atom. The van der Waals surface area contributed by atoms with Gasteiger partial charge in [-0.2, -0.15) is 0 Å². The van der Waals surface area contributed by atoms with Crippen LogP contribution in [0.3, 0.4) is 0 Å². The van der Waals surface area contributed by atoms with Crippen molar-refractivity contribution < 1.29 is 9.72 Å². The lowest BCUT2D eigenvalue weighted by Crippen LogP contribution is -2.49. The molecule has 1 aromatic carbocycles. The third-order valence-electron chi connectivity index (χ3n) is 3.11. The smallest absolute Gasteiger partial charge is 0.270 e. The summed E-state index contributed by atoms with van der Waals surface area (Å²) in [7, 11) is 0. The molecule has 0 radical (unpaired) electrons. The molecule has 6 heteroatoms. The van der Waals surface area contributed by atoms with E-state index in [1.165, 1.54) is 12.1 Å². The molecule has 1 atom stereocenters. The van der Waals surface area contributed by atoms with Gasteiger partial charge in [0.05, 0.1) is 4.92 Å². The number of benzene rings is 1. The number of nitrogens with one attached hydrogen (secondary N) is 1. The van der Waals surface area contributed by atoms with Gasteiger partial charge in [0.15, 0.2) is 0 Å². The zero-order valence-electron chi connectivity index (χ0n) is 11.4. The molecule has 19 heavy (non-hydrogen) atoms. The maximum Gasteiger partial charge on any atom is 0.270 e. The minimum absolute atomic E-state index is 0.0722. The predicted molar refractivity (Wildman–Crippen MR) is 77.8 cm³/mol. The molecule has 0 saturated carbocycles. The topological polar surface area (TPSA) is 72.2 Å². The van der Waals surface area contributed by atoms with Crippen molar-refractivity contribution in [1.82, 2.24) is 5.32 Å². The molecule has 0 aliphatic heterocycles. The minimum Gasteiger partial charge on any atom is -0.346 e. The van der Waals surface area contributed by atoms with Crippen LogP contribution in [0.25, 0.3) is 0 Å². The van der Waals surface area contributed by atoms with Crippen LogP contribution in [-0.4, -0.2) is 21.2 Å². The van der Waals surface area contributed by atoms with E-state index in [9.17, 15) is 14.9 Å². The monoisotopic (exact) mass is 328 g/mol. The lowest BCUT2D eigenvalue weighted by Gasteiger charge is -2.29. The van der Waals surface area contributed by atoms with Crippen LogP contribution < -0.4 is 5.32 Å². The summed E-state index contributed by atoms with van der Waals surface area (Å²) >= 11 is 3.43. The molecule has 1 unspecified atom stereocenters. The van der Waals surface area contributed by atoms with Crippen LogP contribution in [-0.2, 0) is 0 Å². The Morgan fingerprint density at radius 2 is 2.05 bits per heavy atom. The van der Waals surface area contributed by atoms with Crippen LogP contribution >= 0.6 is 15.9 Å². The number of nitro groups is 1. The molecule has 0 aliphatic rings. The molecule has 0 aliphatic carbocycles. The van der Waals surface area contributed by atoms with Crippen molar-refractivity contribution in [3.05, 3.63) is 39.4 Å². The summed E-state index contributed by atoms with van der Waals surface area (Å²) in [6.07, 6.45) is 0. The quantitative estimate of drug-likeness (QED) is 0.524. The van der Waals surface area contributed by atoms with Gasteiger partial charge in [0.2, 0.25) is 0 Å². The van der Waals surface area contributed by atoms with Crippen molar-refractivity contribution in [2.45, 2.75) is 38.1 Å². The first-order valence-electron chi connectivity index (χ1n) is 5.87. The molecule has 5 nitrogen and oxygen atoms in total. The molecular weight excluding hydrogens is 312 g/mol. The second-order valence-electron chi connectivity index (χ2n) is 5.05. The second-order valence-corrected chi connectivity index (χ2v) is 6.42. The Bertz CT molecular complexity index is 513. The molecule has 0 heterocycles. The normalized spacial score (nSPS) is 12.9. The number of rotatable bonds is 4. The van der Waals surface area contributed by atoms with Crippen molar-refractivity contribution in [3.8, 4) is 0 Å². The van der Waals surface area contributed by atoms with Crippen molar-refractivity contribution in [2.75, 3.05) is 0 Å². The van der Waals surface area contributed by atoms with Gasteiger partial charge in [-0.1, -0.05) is 28.9 Å². The summed E-state index contributed by atoms with van der Waals surface area (Å²) in [5.41, 5.74) is 0.505. The largest absolute Gasteiger partial charge is 0.346 e. The highest BCUT2D eigenvalue weighted by Crippen LogP contribution is 2.21. The van der Waals surface area contributed by atoms with Crippen LogP contribution in [0, 0.1) is 17.0 Å². The predicted octanol–water partition coefficient (Wildman–Crippen LogP) is 3.20. The Labute approximate surface area is 120 Å². The molecule has 0 aromatic heterocycles. The SMILES string of the molecule is Cc1ccc([N+](=O)[O-])cc1C(=O)NC(C)(C)C(C)Br. The van der Waals surface area contributed by atoms with Gasteiger partial charge in [0.25, 0.3) is 11.6 Å². The van der Waals surface area contributed by atoms with Gasteiger partial charge in [-0.15, -0.1) is 0 Å². The highest BCUT2D eigenvalue weighted by atomic mass is 79.9. The molecule has 1 amide bonds. The Balaban J connectivity index is 3.06. The van der Waals surface area contributed by atoms with E-state index in [1.807, 2.05) is 20.8 Å². The fourth-order valence-electron chi connectivity index (χ4n) is 1.43. The number of aryl methyl sites for hydroxylation is 1. The first kappa shape index (κ1) is 15.6. The van der Waals surface area contributed by atoms with Gasteiger partial charge < -0.3 is 5.32 Å². The van der Waals surface area contributed by atoms with Gasteiger partial charge >= 0.3 is 0 Å². The van der Waals surface area contributed by atoms with E-state index in [1.54, 1.807) is 13.0 Å². The van der Waals surface area contributed by atoms with E-state index >= 15 is 0 Å². The fraction of sp³-hybridized carbons (Fsp3) is 0.462. The number of nitrogens with zero attached hydrogens (tertiary/aromatic N) is 1. The highest BCUT2D eigenvalue weighted by Gasteiger charge is 2.27. The van der Waals surface area contributed by atoms with Crippen molar-refractivity contribution in [2.24, 2.45) is 0 Å². The van der Waals surface area contributed by atoms with Crippen LogP contribution in [0.2, 0.25) is 0 Å². The molecule has 1 aromatic rings. The van der Waals surface area contributed by atoms with E-state index in [0.29, 0.717) is 11.1 Å². The van der Waals surface area contributed by atoms with Gasteiger partial charge in [-0.3, -0.25) is 14.9 Å². The third-order valence-corrected chi connectivity index (χ3v) is 4.25. The maximum atomic E-state index is 12.2. The Morgan fingerprint density at radius 1 is 1.47 bits per heavy atom. The number of hydrogen-bond donors (Lipinski definition) is 1. The standard InChI is InChI=1S/C13H17BrN2O3/c1-8-5-6-10(16(18)19)7-11(8)12(17)15-13(3,4)9(2)14/h5-7,9H,1-4H3,(H,15,17). The van der Waals surface area contributed by atoms with Gasteiger partial charge in [0.1, 0.15) is 0 Å². The van der Waals surface area contributed by atoms with E-state index in [0.717, 1.165) is 0 Å². The Kier molecular flexibility index (Phi) is 4.68. The first-order chi connectivity index (χ1) is 8.65. The molecule has 0 saturated heterocycles. The number of carbonyl (C=O) groups excluding carboxylic acids is 1. The van der Waals surface area contributed by atoms with Crippen molar-refractivity contribution in [1.29, 1.82) is 0 Å². The minimum atomic E-state index is -0.505. The second kappa shape index (κ2) is 5.69. The number of amides is 1. The zero-order chi connectivity index (χ0) is 14.8. The summed E-state index contributed by atoms with van der Waals surface area (Å²) in [5, 5.41) is 13.6. The van der Waals surface area contributed by atoms with Gasteiger partial charge in [0, 0.05) is 28.1 Å². The summed E-state index contributed by atoms with van der Waals surface area (Å²) in [6.45, 7) is 7.46. The zero-order valence-corrected chi connectivity index (χ0v) is 12.9. The van der Waals surface area contributed by atoms with Crippen molar-refractivity contribution in [3.63, 3.8) is 0 Å². The number of alkyl halides is 1. The van der Waals surface area contributed by atoms with Crippen LogP contribution in [0.5, 0.6) is 0 Å². The van der Waals surface area contributed by atoms with E-state index in [4.69, 9.17) is 0 Å². The summed E-state index contributed by atoms with van der Waals surface area (Å²) in [5.74, 6) is -0.308. The summed E-state index contributed by atoms with van der Waals surface area (Å²) < 4.78 is 0. The average molecular weight is 329 g/mol. The molecule has 104 valence electrons. The average Bonchev–Trinajstić information content (AvgIpc) is 2.28. The Hall–Kier alpha value is -1.43. The lowest BCUT2D eigenvalue weighted by atomic mass is 10.00. The van der Waals surface area contributed by atoms with Crippen LogP contribution in [0.1, 0.15) is 36.7 Å². The number of nitro benzene ring substituents is 1. The van der Waals surface area contributed by atoms with Crippen LogP contribution in [0.15, 0.2) is 18.2 Å². The van der Waals surface area contributed by atoms with E-state index in [2.05, 4.69) is 21.2 Å². The molecule has 1 rings (SSSR count). The fourth-order valence-corrected chi connectivity index (χ4v) is 1.54. The van der Waals surface area contributed by atoms with Crippen molar-refractivity contribution >= 4 is 27.5 Å². The number of carbonyl (C=O) groups is 1. The third kappa shape index (κ3) is 3.76. The van der Waals surface area contributed by atoms with E-state index < -0.39 is 10.5 Å². The molecule has 0 spiro atoms. The molecule has 0 fully saturated rings. The summed E-state index contributed by atoms with van der Waals surface area (Å²) in [4.78, 5) is 22.5. The summed E-state index contributed by atoms with van der Waals surface area (Å²) in [6, 6.07) is 4.28.